The van der Waals surface area contributed by atoms with Gasteiger partial charge in [-0.3, -0.25) is 4.79 Å². The molecule has 0 saturated carbocycles. The molecule has 2 atom stereocenters. The van der Waals surface area contributed by atoms with Gasteiger partial charge in [0.1, 0.15) is 0 Å². The standard InChI is InChI=1S/C14H19BrN2O2/c1-10(11-2-4-12(15)5-3-11)17-14(18)8-13-9-19-7-6-16-13/h2-5,10,13,16H,6-9H2,1H3,(H,17,18)/t10-,13?/m1/s1. The first-order valence-corrected chi connectivity index (χ1v) is 7.30. The summed E-state index contributed by atoms with van der Waals surface area (Å²) in [7, 11) is 0. The summed E-state index contributed by atoms with van der Waals surface area (Å²) in [6, 6.07) is 8.13. The van der Waals surface area contributed by atoms with E-state index in [1.165, 1.54) is 0 Å². The maximum absolute atomic E-state index is 11.9. The van der Waals surface area contributed by atoms with Crippen LogP contribution >= 0.6 is 15.9 Å². The Balaban J connectivity index is 1.82. The minimum atomic E-state index is 0.0186. The van der Waals surface area contributed by atoms with Crippen LogP contribution in [0.3, 0.4) is 0 Å². The average molecular weight is 327 g/mol. The zero-order valence-corrected chi connectivity index (χ0v) is 12.6. The molecule has 104 valence electrons. The Bertz CT molecular complexity index is 416. The predicted molar refractivity (Wildman–Crippen MR) is 77.9 cm³/mol. The number of nitrogens with one attached hydrogen (secondary N) is 2. The maximum atomic E-state index is 11.9. The van der Waals surface area contributed by atoms with Crippen molar-refractivity contribution in [3.8, 4) is 0 Å². The monoisotopic (exact) mass is 326 g/mol. The van der Waals surface area contributed by atoms with Crippen LogP contribution in [-0.4, -0.2) is 31.7 Å². The molecule has 1 fully saturated rings. The number of hydrogen-bond donors (Lipinski definition) is 2. The number of rotatable bonds is 4. The number of hydrogen-bond acceptors (Lipinski definition) is 3. The Morgan fingerprint density at radius 1 is 1.53 bits per heavy atom. The number of halogens is 1. The molecule has 1 aromatic rings. The van der Waals surface area contributed by atoms with E-state index in [9.17, 15) is 4.79 Å². The fraction of sp³-hybridized carbons (Fsp3) is 0.500. The van der Waals surface area contributed by atoms with Gasteiger partial charge in [0.15, 0.2) is 0 Å². The third-order valence-electron chi connectivity index (χ3n) is 3.18. The first kappa shape index (κ1) is 14.5. The summed E-state index contributed by atoms with van der Waals surface area (Å²) in [5, 5.41) is 6.29. The second-order valence-electron chi connectivity index (χ2n) is 4.77. The van der Waals surface area contributed by atoms with Gasteiger partial charge in [-0.05, 0) is 24.6 Å². The quantitative estimate of drug-likeness (QED) is 0.889. The predicted octanol–water partition coefficient (Wildman–Crippen LogP) is 2.00. The van der Waals surface area contributed by atoms with Gasteiger partial charge in [0.05, 0.1) is 19.3 Å². The fourth-order valence-electron chi connectivity index (χ4n) is 2.11. The van der Waals surface area contributed by atoms with Crippen LogP contribution in [0.2, 0.25) is 0 Å². The summed E-state index contributed by atoms with van der Waals surface area (Å²) in [4.78, 5) is 11.9. The Hall–Kier alpha value is -0.910. The van der Waals surface area contributed by atoms with Crippen molar-refractivity contribution in [2.75, 3.05) is 19.8 Å². The molecule has 0 aliphatic carbocycles. The van der Waals surface area contributed by atoms with Gasteiger partial charge in [-0.1, -0.05) is 28.1 Å². The lowest BCUT2D eigenvalue weighted by Crippen LogP contribution is -2.44. The van der Waals surface area contributed by atoms with Crippen LogP contribution in [0.25, 0.3) is 0 Å². The number of carbonyl (C=O) groups is 1. The summed E-state index contributed by atoms with van der Waals surface area (Å²) in [5.41, 5.74) is 1.10. The molecule has 1 heterocycles. The van der Waals surface area contributed by atoms with Gasteiger partial charge in [0.25, 0.3) is 0 Å². The lowest BCUT2D eigenvalue weighted by atomic mass is 10.1. The molecule has 0 aromatic heterocycles. The van der Waals surface area contributed by atoms with Crippen molar-refractivity contribution in [3.05, 3.63) is 34.3 Å². The first-order chi connectivity index (χ1) is 9.15. The molecule has 0 spiro atoms. The van der Waals surface area contributed by atoms with Gasteiger partial charge in [-0.15, -0.1) is 0 Å². The molecule has 4 nitrogen and oxygen atoms in total. The Morgan fingerprint density at radius 2 is 2.26 bits per heavy atom. The van der Waals surface area contributed by atoms with Crippen molar-refractivity contribution < 1.29 is 9.53 Å². The van der Waals surface area contributed by atoms with Crippen molar-refractivity contribution in [1.29, 1.82) is 0 Å². The van der Waals surface area contributed by atoms with E-state index in [1.54, 1.807) is 0 Å². The lowest BCUT2D eigenvalue weighted by molar-refractivity contribution is -0.122. The second kappa shape index (κ2) is 7.03. The van der Waals surface area contributed by atoms with Gasteiger partial charge in [0, 0.05) is 23.5 Å². The van der Waals surface area contributed by atoms with Crippen molar-refractivity contribution in [1.82, 2.24) is 10.6 Å². The molecule has 5 heteroatoms. The highest BCUT2D eigenvalue weighted by atomic mass is 79.9. The van der Waals surface area contributed by atoms with Crippen LogP contribution in [0.4, 0.5) is 0 Å². The van der Waals surface area contributed by atoms with Crippen LogP contribution in [0.5, 0.6) is 0 Å². The molecule has 1 aliphatic rings. The summed E-state index contributed by atoms with van der Waals surface area (Å²) < 4.78 is 6.38. The molecule has 2 rings (SSSR count). The van der Waals surface area contributed by atoms with Crippen LogP contribution in [-0.2, 0) is 9.53 Å². The minimum absolute atomic E-state index is 0.0186. The van der Waals surface area contributed by atoms with Crippen molar-refractivity contribution >= 4 is 21.8 Å². The van der Waals surface area contributed by atoms with Crippen molar-refractivity contribution in [2.24, 2.45) is 0 Å². The highest BCUT2D eigenvalue weighted by Crippen LogP contribution is 2.16. The van der Waals surface area contributed by atoms with E-state index in [0.717, 1.165) is 23.2 Å². The lowest BCUT2D eigenvalue weighted by Gasteiger charge is -2.24. The first-order valence-electron chi connectivity index (χ1n) is 6.51. The van der Waals surface area contributed by atoms with Crippen molar-refractivity contribution in [3.63, 3.8) is 0 Å². The third kappa shape index (κ3) is 4.60. The van der Waals surface area contributed by atoms with Gasteiger partial charge >= 0.3 is 0 Å². The van der Waals surface area contributed by atoms with Crippen molar-refractivity contribution in [2.45, 2.75) is 25.4 Å². The van der Waals surface area contributed by atoms with Gasteiger partial charge in [0.2, 0.25) is 5.91 Å². The summed E-state index contributed by atoms with van der Waals surface area (Å²) in [6.07, 6.45) is 0.459. The Morgan fingerprint density at radius 3 is 2.89 bits per heavy atom. The summed E-state index contributed by atoms with van der Waals surface area (Å²) in [5.74, 6) is 0.0541. The molecular formula is C14H19BrN2O2. The zero-order valence-electron chi connectivity index (χ0n) is 11.0. The topological polar surface area (TPSA) is 50.4 Å². The zero-order chi connectivity index (χ0) is 13.7. The molecule has 1 aromatic carbocycles. The highest BCUT2D eigenvalue weighted by Gasteiger charge is 2.18. The van der Waals surface area contributed by atoms with E-state index in [2.05, 4.69) is 26.6 Å². The SMILES string of the molecule is C[C@@H](NC(=O)CC1COCCN1)c1ccc(Br)cc1. The highest BCUT2D eigenvalue weighted by molar-refractivity contribution is 9.10. The Kier molecular flexibility index (Phi) is 5.36. The van der Waals surface area contributed by atoms with Gasteiger partial charge in [-0.25, -0.2) is 0 Å². The van der Waals surface area contributed by atoms with E-state index >= 15 is 0 Å². The number of amides is 1. The number of morpholine rings is 1. The van der Waals surface area contributed by atoms with E-state index in [1.807, 2.05) is 31.2 Å². The van der Waals surface area contributed by atoms with E-state index < -0.39 is 0 Å². The second-order valence-corrected chi connectivity index (χ2v) is 5.69. The van der Waals surface area contributed by atoms with E-state index in [4.69, 9.17) is 4.74 Å². The smallest absolute Gasteiger partial charge is 0.222 e. The Labute approximate surface area is 122 Å². The molecule has 1 aliphatic heterocycles. The molecule has 1 amide bonds. The fourth-order valence-corrected chi connectivity index (χ4v) is 2.37. The molecule has 19 heavy (non-hydrogen) atoms. The number of ether oxygens (including phenoxy) is 1. The van der Waals surface area contributed by atoms with E-state index in [0.29, 0.717) is 13.0 Å². The van der Waals surface area contributed by atoms with Gasteiger partial charge < -0.3 is 15.4 Å². The van der Waals surface area contributed by atoms with Crippen LogP contribution in [0, 0.1) is 0 Å². The summed E-state index contributed by atoms with van der Waals surface area (Å²) >= 11 is 3.40. The number of carbonyl (C=O) groups excluding carboxylic acids is 1. The number of benzene rings is 1. The molecule has 0 radical (unpaired) electrons. The average Bonchev–Trinajstić information content (AvgIpc) is 2.40. The molecule has 0 bridgehead atoms. The third-order valence-corrected chi connectivity index (χ3v) is 3.71. The maximum Gasteiger partial charge on any atom is 0.222 e. The summed E-state index contributed by atoms with van der Waals surface area (Å²) in [6.45, 7) is 4.15. The van der Waals surface area contributed by atoms with E-state index in [-0.39, 0.29) is 18.0 Å². The largest absolute Gasteiger partial charge is 0.378 e. The molecule has 2 N–H and O–H groups in total. The molecule has 1 unspecified atom stereocenters. The molecular weight excluding hydrogens is 308 g/mol. The van der Waals surface area contributed by atoms with Crippen LogP contribution < -0.4 is 10.6 Å². The van der Waals surface area contributed by atoms with Gasteiger partial charge in [-0.2, -0.15) is 0 Å². The molecule has 1 saturated heterocycles. The normalized spacial score (nSPS) is 20.8. The minimum Gasteiger partial charge on any atom is -0.378 e. The van der Waals surface area contributed by atoms with Crippen LogP contribution in [0.15, 0.2) is 28.7 Å². The van der Waals surface area contributed by atoms with Crippen LogP contribution in [0.1, 0.15) is 24.9 Å².